The molecule has 2 aromatic rings. The molecule has 0 spiro atoms. The number of aliphatic hydroxyl groups excluding tert-OH is 1. The van der Waals surface area contributed by atoms with Crippen molar-refractivity contribution in [2.75, 3.05) is 17.5 Å². The van der Waals surface area contributed by atoms with Crippen molar-refractivity contribution in [1.29, 1.82) is 0 Å². The molecular weight excluding hydrogens is 412 g/mol. The molecule has 170 valence electrons. The molecule has 3 rings (SSSR count). The number of anilines is 1. The molecule has 0 aliphatic carbocycles. The Hall–Kier alpha value is -2.09. The monoisotopic (exact) mass is 446 g/mol. The summed E-state index contributed by atoms with van der Waals surface area (Å²) < 4.78 is 32.8. The predicted molar refractivity (Wildman–Crippen MR) is 125 cm³/mol. The van der Waals surface area contributed by atoms with E-state index in [1.54, 1.807) is 6.07 Å². The smallest absolute Gasteiger partial charge is 0.229 e. The molecule has 0 fully saturated rings. The number of aliphatic hydroxyl groups is 1. The molecular formula is C24H34N2O4S. The van der Waals surface area contributed by atoms with Crippen molar-refractivity contribution in [1.82, 2.24) is 5.32 Å². The fraction of sp³-hybridized carbons (Fsp3) is 0.500. The van der Waals surface area contributed by atoms with Gasteiger partial charge in [0, 0.05) is 11.1 Å². The lowest BCUT2D eigenvalue weighted by Gasteiger charge is -2.46. The summed E-state index contributed by atoms with van der Waals surface area (Å²) in [7, 11) is -3.42. The second-order valence-electron chi connectivity index (χ2n) is 8.22. The van der Waals surface area contributed by atoms with Crippen LogP contribution in [0.3, 0.4) is 0 Å². The number of ether oxygens (including phenoxy) is 1. The zero-order valence-corrected chi connectivity index (χ0v) is 19.6. The number of rotatable bonds is 9. The zero-order chi connectivity index (χ0) is 22.6. The van der Waals surface area contributed by atoms with Crippen LogP contribution in [0, 0.1) is 0 Å². The summed E-state index contributed by atoms with van der Waals surface area (Å²) in [5.41, 5.74) is 2.72. The average molecular weight is 447 g/mol. The Kier molecular flexibility index (Phi) is 7.29. The van der Waals surface area contributed by atoms with E-state index in [0.29, 0.717) is 37.2 Å². The van der Waals surface area contributed by atoms with Crippen LogP contribution in [0.1, 0.15) is 56.3 Å². The van der Waals surface area contributed by atoms with Gasteiger partial charge in [-0.05, 0) is 43.9 Å². The van der Waals surface area contributed by atoms with E-state index in [2.05, 4.69) is 22.2 Å². The highest BCUT2D eigenvalue weighted by atomic mass is 32.2. The lowest BCUT2D eigenvalue weighted by molar-refractivity contribution is -0.0924. The average Bonchev–Trinajstić information content (AvgIpc) is 2.74. The normalized spacial score (nSPS) is 20.0. The minimum Gasteiger partial charge on any atom is -0.484 e. The van der Waals surface area contributed by atoms with Gasteiger partial charge in [0.25, 0.3) is 0 Å². The number of benzene rings is 2. The van der Waals surface area contributed by atoms with Gasteiger partial charge in [0.15, 0.2) is 0 Å². The highest BCUT2D eigenvalue weighted by molar-refractivity contribution is 7.92. The van der Waals surface area contributed by atoms with Crippen LogP contribution >= 0.6 is 0 Å². The zero-order valence-electron chi connectivity index (χ0n) is 18.8. The Labute approximate surface area is 186 Å². The lowest BCUT2D eigenvalue weighted by Crippen LogP contribution is -2.56. The van der Waals surface area contributed by atoms with Gasteiger partial charge in [-0.3, -0.25) is 4.72 Å². The maximum absolute atomic E-state index is 11.9. The second-order valence-corrected chi connectivity index (χ2v) is 9.97. The van der Waals surface area contributed by atoms with Crippen molar-refractivity contribution < 1.29 is 18.3 Å². The molecule has 2 atom stereocenters. The van der Waals surface area contributed by atoms with Crippen LogP contribution in [-0.4, -0.2) is 38.0 Å². The van der Waals surface area contributed by atoms with Crippen molar-refractivity contribution in [3.05, 3.63) is 59.2 Å². The SMILES string of the molecule is CCc1c(NS(C)(=O)=O)ccc2c1OC(CC)(CC)[C@H](O)[C@H]2NCCc1ccccc1. The van der Waals surface area contributed by atoms with E-state index in [1.165, 1.54) is 5.56 Å². The number of hydrogen-bond acceptors (Lipinski definition) is 5. The molecule has 0 amide bonds. The number of nitrogens with one attached hydrogen (secondary N) is 2. The maximum atomic E-state index is 11.9. The summed E-state index contributed by atoms with van der Waals surface area (Å²) in [4.78, 5) is 0. The molecule has 1 aliphatic heterocycles. The Morgan fingerprint density at radius 2 is 1.74 bits per heavy atom. The van der Waals surface area contributed by atoms with Crippen LogP contribution in [0.4, 0.5) is 5.69 Å². The minimum absolute atomic E-state index is 0.301. The molecule has 1 aliphatic rings. The summed E-state index contributed by atoms with van der Waals surface area (Å²) in [6.45, 7) is 6.72. The first-order chi connectivity index (χ1) is 14.7. The van der Waals surface area contributed by atoms with Crippen molar-refractivity contribution in [2.24, 2.45) is 0 Å². The van der Waals surface area contributed by atoms with Gasteiger partial charge in [-0.25, -0.2) is 8.42 Å². The molecule has 0 aromatic heterocycles. The van der Waals surface area contributed by atoms with E-state index in [1.807, 2.05) is 45.0 Å². The fourth-order valence-electron chi connectivity index (χ4n) is 4.45. The van der Waals surface area contributed by atoms with Crippen LogP contribution in [0.25, 0.3) is 0 Å². The Morgan fingerprint density at radius 3 is 2.32 bits per heavy atom. The number of sulfonamides is 1. The molecule has 2 aromatic carbocycles. The molecule has 0 saturated heterocycles. The van der Waals surface area contributed by atoms with Gasteiger partial charge in [-0.15, -0.1) is 0 Å². The molecule has 3 N–H and O–H groups in total. The van der Waals surface area contributed by atoms with Crippen LogP contribution in [0.5, 0.6) is 5.75 Å². The molecule has 1 heterocycles. The van der Waals surface area contributed by atoms with Gasteiger partial charge >= 0.3 is 0 Å². The summed E-state index contributed by atoms with van der Waals surface area (Å²) in [6, 6.07) is 13.6. The summed E-state index contributed by atoms with van der Waals surface area (Å²) >= 11 is 0. The maximum Gasteiger partial charge on any atom is 0.229 e. The van der Waals surface area contributed by atoms with Crippen LogP contribution < -0.4 is 14.8 Å². The van der Waals surface area contributed by atoms with E-state index < -0.39 is 21.7 Å². The van der Waals surface area contributed by atoms with Crippen LogP contribution in [0.2, 0.25) is 0 Å². The van der Waals surface area contributed by atoms with E-state index in [4.69, 9.17) is 4.74 Å². The summed E-state index contributed by atoms with van der Waals surface area (Å²) in [5, 5.41) is 14.9. The first-order valence-electron chi connectivity index (χ1n) is 11.0. The Morgan fingerprint density at radius 1 is 1.06 bits per heavy atom. The first-order valence-corrected chi connectivity index (χ1v) is 12.9. The van der Waals surface area contributed by atoms with E-state index >= 15 is 0 Å². The largest absolute Gasteiger partial charge is 0.484 e. The molecule has 0 unspecified atom stereocenters. The summed E-state index contributed by atoms with van der Waals surface area (Å²) in [5.74, 6) is 0.683. The van der Waals surface area contributed by atoms with Crippen molar-refractivity contribution >= 4 is 15.7 Å². The lowest BCUT2D eigenvalue weighted by atomic mass is 9.79. The third kappa shape index (κ3) is 5.05. The van der Waals surface area contributed by atoms with Gasteiger partial charge in [-0.1, -0.05) is 57.2 Å². The van der Waals surface area contributed by atoms with Crippen LogP contribution in [0.15, 0.2) is 42.5 Å². The van der Waals surface area contributed by atoms with Crippen LogP contribution in [-0.2, 0) is 22.9 Å². The highest BCUT2D eigenvalue weighted by Gasteiger charge is 2.47. The minimum atomic E-state index is -3.42. The second kappa shape index (κ2) is 9.59. The predicted octanol–water partition coefficient (Wildman–Crippen LogP) is 3.81. The molecule has 31 heavy (non-hydrogen) atoms. The van der Waals surface area contributed by atoms with E-state index in [-0.39, 0.29) is 6.04 Å². The van der Waals surface area contributed by atoms with Crippen molar-refractivity contribution in [3.63, 3.8) is 0 Å². The van der Waals surface area contributed by atoms with Gasteiger partial charge in [0.05, 0.1) is 18.0 Å². The van der Waals surface area contributed by atoms with Crippen molar-refractivity contribution in [2.45, 2.75) is 64.2 Å². The Balaban J connectivity index is 1.99. The topological polar surface area (TPSA) is 87.7 Å². The molecule has 0 radical (unpaired) electrons. The van der Waals surface area contributed by atoms with Gasteiger partial charge in [-0.2, -0.15) is 0 Å². The molecule has 7 heteroatoms. The molecule has 6 nitrogen and oxygen atoms in total. The van der Waals surface area contributed by atoms with Gasteiger partial charge in [0.1, 0.15) is 17.5 Å². The molecule has 0 saturated carbocycles. The highest BCUT2D eigenvalue weighted by Crippen LogP contribution is 2.46. The number of hydrogen-bond donors (Lipinski definition) is 3. The first kappa shape index (κ1) is 23.6. The fourth-order valence-corrected chi connectivity index (χ4v) is 5.04. The van der Waals surface area contributed by atoms with E-state index in [0.717, 1.165) is 23.8 Å². The molecule has 0 bridgehead atoms. The summed E-state index contributed by atoms with van der Waals surface area (Å²) in [6.07, 6.45) is 3.18. The quantitative estimate of drug-likeness (QED) is 0.545. The van der Waals surface area contributed by atoms with E-state index in [9.17, 15) is 13.5 Å². The Bertz CT molecular complexity index is 988. The van der Waals surface area contributed by atoms with Gasteiger partial charge < -0.3 is 15.2 Å². The standard InChI is InChI=1S/C24H34N2O4S/c1-5-18-20(26-31(4,28)29)14-13-19-21(25-16-15-17-11-9-8-10-12-17)23(27)24(6-2,7-3)30-22(18)19/h8-14,21,23,25-27H,5-7,15-16H2,1-4H3/t21-,23+/m0/s1. The number of fused-ring (bicyclic) bond motifs is 1. The third-order valence-corrected chi connectivity index (χ3v) is 6.84. The van der Waals surface area contributed by atoms with Gasteiger partial charge in [0.2, 0.25) is 10.0 Å². The van der Waals surface area contributed by atoms with Crippen molar-refractivity contribution in [3.8, 4) is 5.75 Å². The third-order valence-electron chi connectivity index (χ3n) is 6.25.